The van der Waals surface area contributed by atoms with Crippen LogP contribution in [0.1, 0.15) is 43.7 Å². The average Bonchev–Trinajstić information content (AvgIpc) is 2.50. The Labute approximate surface area is 130 Å². The van der Waals surface area contributed by atoms with Gasteiger partial charge in [-0.15, -0.1) is 0 Å². The van der Waals surface area contributed by atoms with Gasteiger partial charge in [0.15, 0.2) is 0 Å². The van der Waals surface area contributed by atoms with E-state index >= 15 is 0 Å². The van der Waals surface area contributed by atoms with Gasteiger partial charge in [-0.05, 0) is 38.2 Å². The second-order valence-corrected chi connectivity index (χ2v) is 6.35. The van der Waals surface area contributed by atoms with Gasteiger partial charge in [-0.3, -0.25) is 0 Å². The molecule has 2 heterocycles. The summed E-state index contributed by atoms with van der Waals surface area (Å²) < 4.78 is 5.40. The maximum absolute atomic E-state index is 12.3. The van der Waals surface area contributed by atoms with Crippen molar-refractivity contribution in [1.82, 2.24) is 0 Å². The lowest BCUT2D eigenvalue weighted by Crippen LogP contribution is -3.15. The highest BCUT2D eigenvalue weighted by Gasteiger charge is 2.25. The molecule has 4 nitrogen and oxygen atoms in total. The molecule has 118 valence electrons. The van der Waals surface area contributed by atoms with E-state index in [-0.39, 0.29) is 11.4 Å². The maximum Gasteiger partial charge on any atom is 0.336 e. The topological polar surface area (TPSA) is 57.7 Å². The quantitative estimate of drug-likeness (QED) is 0.875. The van der Waals surface area contributed by atoms with Crippen LogP contribution in [0.15, 0.2) is 27.4 Å². The molecule has 1 saturated heterocycles. The number of rotatable bonds is 3. The fourth-order valence-corrected chi connectivity index (χ4v) is 3.69. The normalized spacial score (nSPS) is 22.1. The van der Waals surface area contributed by atoms with Gasteiger partial charge < -0.3 is 14.4 Å². The van der Waals surface area contributed by atoms with E-state index < -0.39 is 0 Å². The molecule has 2 aromatic rings. The maximum atomic E-state index is 12.3. The average molecular weight is 301 g/mol. The van der Waals surface area contributed by atoms with E-state index in [4.69, 9.17) is 4.42 Å². The molecule has 1 aromatic heterocycles. The van der Waals surface area contributed by atoms with Gasteiger partial charge in [0, 0.05) is 17.0 Å². The third-order valence-electron chi connectivity index (χ3n) is 4.95. The minimum absolute atomic E-state index is 0.0193. The Kier molecular flexibility index (Phi) is 4.21. The van der Waals surface area contributed by atoms with Gasteiger partial charge in [0.25, 0.3) is 0 Å². The van der Waals surface area contributed by atoms with Crippen molar-refractivity contribution in [3.8, 4) is 5.75 Å². The number of aryl methyl sites for hydroxylation is 1. The van der Waals surface area contributed by atoms with Crippen molar-refractivity contribution in [2.24, 2.45) is 0 Å². The first-order valence-electron chi connectivity index (χ1n) is 8.18. The number of nitrogens with one attached hydrogen (secondary N) is 1. The van der Waals surface area contributed by atoms with Crippen LogP contribution in [-0.2, 0) is 6.54 Å². The molecule has 0 bridgehead atoms. The van der Waals surface area contributed by atoms with Crippen molar-refractivity contribution in [1.29, 1.82) is 0 Å². The molecule has 3 rings (SSSR count). The summed E-state index contributed by atoms with van der Waals surface area (Å²) in [5.74, 6) is -0.0193. The molecule has 2 atom stereocenters. The fourth-order valence-electron chi connectivity index (χ4n) is 3.69. The van der Waals surface area contributed by atoms with Crippen molar-refractivity contribution in [2.45, 2.75) is 52.1 Å². The molecule has 0 saturated carbocycles. The van der Waals surface area contributed by atoms with Crippen molar-refractivity contribution in [3.63, 3.8) is 0 Å². The Hall–Kier alpha value is -1.81. The molecule has 1 aliphatic heterocycles. The summed E-state index contributed by atoms with van der Waals surface area (Å²) in [7, 11) is 0. The van der Waals surface area contributed by atoms with Crippen LogP contribution in [0.3, 0.4) is 0 Å². The van der Waals surface area contributed by atoms with Crippen LogP contribution >= 0.6 is 0 Å². The highest BCUT2D eigenvalue weighted by atomic mass is 16.4. The molecular formula is C18H23NO3. The second kappa shape index (κ2) is 6.13. The molecule has 1 fully saturated rings. The third-order valence-corrected chi connectivity index (χ3v) is 4.95. The van der Waals surface area contributed by atoms with Crippen LogP contribution in [0.25, 0.3) is 11.0 Å². The Balaban J connectivity index is 2.05. The summed E-state index contributed by atoms with van der Waals surface area (Å²) in [6, 6.07) is 5.45. The van der Waals surface area contributed by atoms with Crippen molar-refractivity contribution in [3.05, 3.63) is 39.7 Å². The number of hydrogen-bond donors (Lipinski definition) is 1. The standard InChI is InChI=1S/C18H23NO3/c1-3-13-6-4-5-9-19(13)11-15-16(20)8-7-14-12(2)10-17(21)22-18(14)15/h7-8,10,13,20H,3-6,9,11H2,1-2H3. The van der Waals surface area contributed by atoms with Crippen LogP contribution in [0.5, 0.6) is 5.75 Å². The minimum atomic E-state index is -0.377. The lowest BCUT2D eigenvalue weighted by molar-refractivity contribution is -0.944. The van der Waals surface area contributed by atoms with Gasteiger partial charge in [0.1, 0.15) is 12.1 Å². The highest BCUT2D eigenvalue weighted by Crippen LogP contribution is 2.26. The SMILES string of the molecule is CCC1CCCC[NH+]1Cc1c([O-])ccc2c(C)cc(=O)oc12. The first kappa shape index (κ1) is 15.1. The monoisotopic (exact) mass is 301 g/mol. The van der Waals surface area contributed by atoms with E-state index in [1.165, 1.54) is 30.2 Å². The fraction of sp³-hybridized carbons (Fsp3) is 0.500. The zero-order valence-electron chi connectivity index (χ0n) is 13.3. The molecule has 4 heteroatoms. The van der Waals surface area contributed by atoms with E-state index in [1.54, 1.807) is 12.1 Å². The first-order chi connectivity index (χ1) is 10.6. The van der Waals surface area contributed by atoms with Gasteiger partial charge in [-0.2, -0.15) is 0 Å². The van der Waals surface area contributed by atoms with Gasteiger partial charge in [-0.25, -0.2) is 4.79 Å². The number of hydrogen-bond acceptors (Lipinski definition) is 3. The molecular weight excluding hydrogens is 278 g/mol. The molecule has 1 aromatic carbocycles. The summed E-state index contributed by atoms with van der Waals surface area (Å²) in [4.78, 5) is 13.2. The zero-order chi connectivity index (χ0) is 15.7. The van der Waals surface area contributed by atoms with Gasteiger partial charge >= 0.3 is 5.63 Å². The van der Waals surface area contributed by atoms with Crippen LogP contribution in [0, 0.1) is 6.92 Å². The first-order valence-corrected chi connectivity index (χ1v) is 8.18. The predicted octanol–water partition coefficient (Wildman–Crippen LogP) is 1.52. The zero-order valence-corrected chi connectivity index (χ0v) is 13.3. The van der Waals surface area contributed by atoms with Gasteiger partial charge in [0.05, 0.1) is 12.6 Å². The highest BCUT2D eigenvalue weighted by molar-refractivity contribution is 5.84. The summed E-state index contributed by atoms with van der Waals surface area (Å²) >= 11 is 0. The molecule has 1 N–H and O–H groups in total. The Morgan fingerprint density at radius 3 is 2.95 bits per heavy atom. The van der Waals surface area contributed by atoms with Crippen LogP contribution in [0.4, 0.5) is 0 Å². The summed E-state index contributed by atoms with van der Waals surface area (Å²) in [5.41, 5.74) is 1.64. The minimum Gasteiger partial charge on any atom is -0.872 e. The second-order valence-electron chi connectivity index (χ2n) is 6.35. The number of likely N-dealkylation sites (tertiary alicyclic amines) is 1. The number of quaternary nitrogens is 1. The van der Waals surface area contributed by atoms with Crippen LogP contribution in [0.2, 0.25) is 0 Å². The molecule has 0 spiro atoms. The number of fused-ring (bicyclic) bond motifs is 1. The van der Waals surface area contributed by atoms with Gasteiger partial charge in [-0.1, -0.05) is 24.8 Å². The van der Waals surface area contributed by atoms with Crippen LogP contribution < -0.4 is 15.6 Å². The van der Waals surface area contributed by atoms with Crippen molar-refractivity contribution >= 4 is 11.0 Å². The number of piperidine rings is 1. The van der Waals surface area contributed by atoms with E-state index in [0.29, 0.717) is 23.7 Å². The van der Waals surface area contributed by atoms with Crippen molar-refractivity contribution < 1.29 is 14.4 Å². The summed E-state index contributed by atoms with van der Waals surface area (Å²) in [5, 5.41) is 13.2. The Morgan fingerprint density at radius 2 is 2.18 bits per heavy atom. The lowest BCUT2D eigenvalue weighted by atomic mass is 9.98. The van der Waals surface area contributed by atoms with Gasteiger partial charge in [0.2, 0.25) is 0 Å². The number of benzene rings is 1. The molecule has 1 aliphatic rings. The molecule has 0 amide bonds. The largest absolute Gasteiger partial charge is 0.872 e. The Bertz CT molecular complexity index is 735. The summed E-state index contributed by atoms with van der Waals surface area (Å²) in [6.45, 7) is 5.84. The van der Waals surface area contributed by atoms with Crippen molar-refractivity contribution in [2.75, 3.05) is 6.54 Å². The van der Waals surface area contributed by atoms with Crippen LogP contribution in [-0.4, -0.2) is 12.6 Å². The smallest absolute Gasteiger partial charge is 0.336 e. The lowest BCUT2D eigenvalue weighted by Gasteiger charge is -2.33. The predicted molar refractivity (Wildman–Crippen MR) is 84.1 cm³/mol. The van der Waals surface area contributed by atoms with E-state index in [2.05, 4.69) is 6.92 Å². The Morgan fingerprint density at radius 1 is 1.36 bits per heavy atom. The molecule has 22 heavy (non-hydrogen) atoms. The van der Waals surface area contributed by atoms with E-state index in [1.807, 2.05) is 6.92 Å². The summed E-state index contributed by atoms with van der Waals surface area (Å²) in [6.07, 6.45) is 4.81. The third kappa shape index (κ3) is 2.75. The van der Waals surface area contributed by atoms with E-state index in [9.17, 15) is 9.90 Å². The van der Waals surface area contributed by atoms with E-state index in [0.717, 1.165) is 23.9 Å². The molecule has 0 radical (unpaired) electrons. The molecule has 0 aliphatic carbocycles. The molecule has 2 unspecified atom stereocenters.